The number of anilines is 2. The van der Waals surface area contributed by atoms with Crippen molar-refractivity contribution in [1.82, 2.24) is 14.8 Å². The van der Waals surface area contributed by atoms with Gasteiger partial charge in [0, 0.05) is 13.6 Å². The Hall–Kier alpha value is -2.59. The van der Waals surface area contributed by atoms with Crippen molar-refractivity contribution in [3.63, 3.8) is 0 Å². The summed E-state index contributed by atoms with van der Waals surface area (Å²) in [5.74, 6) is 0.906. The van der Waals surface area contributed by atoms with Crippen molar-refractivity contribution in [2.75, 3.05) is 24.2 Å². The van der Waals surface area contributed by atoms with E-state index < -0.39 is 0 Å². The molecule has 0 bridgehead atoms. The average molecular weight is 298 g/mol. The Labute approximate surface area is 126 Å². The number of nitriles is 1. The predicted octanol–water partition coefficient (Wildman–Crippen LogP) is 2.39. The van der Waals surface area contributed by atoms with E-state index in [2.05, 4.69) is 16.2 Å². The highest BCUT2D eigenvalue weighted by atomic mass is 32.1. The SMILES string of the molecule is CCN(C)c1nn(-c2nc3ccccc3s2)c(N)c1C#N. The second-order valence-corrected chi connectivity index (χ2v) is 5.59. The van der Waals surface area contributed by atoms with Crippen LogP contribution < -0.4 is 10.6 Å². The number of benzene rings is 1. The lowest BCUT2D eigenvalue weighted by Crippen LogP contribution is -2.17. The third kappa shape index (κ3) is 2.10. The topological polar surface area (TPSA) is 83.8 Å². The first-order valence-electron chi connectivity index (χ1n) is 6.51. The first-order valence-corrected chi connectivity index (χ1v) is 7.33. The molecule has 0 aliphatic heterocycles. The molecule has 106 valence electrons. The molecule has 2 aromatic heterocycles. The largest absolute Gasteiger partial charge is 0.382 e. The van der Waals surface area contributed by atoms with E-state index in [0.717, 1.165) is 16.8 Å². The van der Waals surface area contributed by atoms with Gasteiger partial charge in [-0.05, 0) is 19.1 Å². The molecular weight excluding hydrogens is 284 g/mol. The maximum atomic E-state index is 9.32. The first-order chi connectivity index (χ1) is 10.2. The highest BCUT2D eigenvalue weighted by Crippen LogP contribution is 2.30. The molecule has 0 aliphatic carbocycles. The van der Waals surface area contributed by atoms with Crippen LogP contribution in [-0.2, 0) is 0 Å². The van der Waals surface area contributed by atoms with Crippen molar-refractivity contribution >= 4 is 33.2 Å². The lowest BCUT2D eigenvalue weighted by atomic mass is 10.3. The molecule has 2 N–H and O–H groups in total. The van der Waals surface area contributed by atoms with E-state index in [0.29, 0.717) is 22.3 Å². The van der Waals surface area contributed by atoms with Crippen LogP contribution >= 0.6 is 11.3 Å². The van der Waals surface area contributed by atoms with Crippen LogP contribution in [0.1, 0.15) is 12.5 Å². The average Bonchev–Trinajstić information content (AvgIpc) is 3.06. The van der Waals surface area contributed by atoms with Crippen molar-refractivity contribution in [2.45, 2.75) is 6.92 Å². The number of aromatic nitrogens is 3. The van der Waals surface area contributed by atoms with Gasteiger partial charge in [0.2, 0.25) is 5.13 Å². The minimum Gasteiger partial charge on any atom is -0.382 e. The number of thiazole rings is 1. The predicted molar refractivity (Wildman–Crippen MR) is 84.8 cm³/mol. The molecule has 0 saturated heterocycles. The molecule has 3 aromatic rings. The summed E-state index contributed by atoms with van der Waals surface area (Å²) < 4.78 is 2.61. The number of fused-ring (bicyclic) bond motifs is 1. The fourth-order valence-electron chi connectivity index (χ4n) is 2.04. The number of nitrogen functional groups attached to an aromatic ring is 1. The van der Waals surface area contributed by atoms with Crippen LogP contribution in [0.25, 0.3) is 15.3 Å². The summed E-state index contributed by atoms with van der Waals surface area (Å²) in [4.78, 5) is 6.42. The smallest absolute Gasteiger partial charge is 0.213 e. The zero-order valence-electron chi connectivity index (χ0n) is 11.7. The summed E-state index contributed by atoms with van der Waals surface area (Å²) in [5, 5.41) is 14.4. The standard InChI is InChI=1S/C14H14N6S/c1-3-19(2)13-9(8-15)12(16)20(18-13)14-17-10-6-4-5-7-11(10)21-14/h4-7H,3,16H2,1-2H3. The maximum absolute atomic E-state index is 9.32. The molecule has 3 rings (SSSR count). The molecule has 0 fully saturated rings. The minimum atomic E-state index is 0.326. The summed E-state index contributed by atoms with van der Waals surface area (Å²) in [7, 11) is 1.88. The monoisotopic (exact) mass is 298 g/mol. The Morgan fingerprint density at radius 2 is 2.19 bits per heavy atom. The number of hydrogen-bond acceptors (Lipinski definition) is 6. The van der Waals surface area contributed by atoms with Gasteiger partial charge in [-0.25, -0.2) is 4.98 Å². The highest BCUT2D eigenvalue weighted by Gasteiger charge is 2.20. The van der Waals surface area contributed by atoms with Crippen LogP contribution in [0.3, 0.4) is 0 Å². The van der Waals surface area contributed by atoms with Crippen LogP contribution in [0, 0.1) is 11.3 Å². The van der Waals surface area contributed by atoms with Gasteiger partial charge in [-0.1, -0.05) is 23.5 Å². The second-order valence-electron chi connectivity index (χ2n) is 4.59. The van der Waals surface area contributed by atoms with Crippen LogP contribution in [-0.4, -0.2) is 28.4 Å². The van der Waals surface area contributed by atoms with E-state index in [4.69, 9.17) is 5.73 Å². The number of hydrogen-bond donors (Lipinski definition) is 1. The fraction of sp³-hybridized carbons (Fsp3) is 0.214. The van der Waals surface area contributed by atoms with Crippen molar-refractivity contribution in [1.29, 1.82) is 5.26 Å². The summed E-state index contributed by atoms with van der Waals surface area (Å²) in [6.45, 7) is 2.74. The van der Waals surface area contributed by atoms with Crippen LogP contribution in [0.4, 0.5) is 11.6 Å². The molecular formula is C14H14N6S. The highest BCUT2D eigenvalue weighted by molar-refractivity contribution is 7.20. The zero-order valence-corrected chi connectivity index (χ0v) is 12.6. The third-order valence-electron chi connectivity index (χ3n) is 3.31. The van der Waals surface area contributed by atoms with E-state index in [1.54, 1.807) is 4.68 Å². The van der Waals surface area contributed by atoms with E-state index in [9.17, 15) is 5.26 Å². The molecule has 0 atom stereocenters. The maximum Gasteiger partial charge on any atom is 0.213 e. The normalized spacial score (nSPS) is 10.7. The summed E-state index contributed by atoms with van der Waals surface area (Å²) in [6.07, 6.45) is 0. The molecule has 21 heavy (non-hydrogen) atoms. The Bertz CT molecular complexity index is 808. The Balaban J connectivity index is 2.18. The van der Waals surface area contributed by atoms with E-state index in [1.165, 1.54) is 11.3 Å². The van der Waals surface area contributed by atoms with Crippen LogP contribution in [0.15, 0.2) is 24.3 Å². The molecule has 0 unspecified atom stereocenters. The van der Waals surface area contributed by atoms with Crippen molar-refractivity contribution in [3.8, 4) is 11.2 Å². The Morgan fingerprint density at radius 3 is 2.86 bits per heavy atom. The molecule has 6 nitrogen and oxygen atoms in total. The Morgan fingerprint density at radius 1 is 1.43 bits per heavy atom. The van der Waals surface area contributed by atoms with Gasteiger partial charge < -0.3 is 10.6 Å². The fourth-order valence-corrected chi connectivity index (χ4v) is 2.97. The lowest BCUT2D eigenvalue weighted by Gasteiger charge is -2.12. The van der Waals surface area contributed by atoms with Crippen molar-refractivity contribution < 1.29 is 0 Å². The molecule has 0 radical (unpaired) electrons. The molecule has 7 heteroatoms. The van der Waals surface area contributed by atoms with Crippen molar-refractivity contribution in [2.24, 2.45) is 0 Å². The van der Waals surface area contributed by atoms with Gasteiger partial charge in [0.1, 0.15) is 17.5 Å². The van der Waals surface area contributed by atoms with E-state index >= 15 is 0 Å². The quantitative estimate of drug-likeness (QED) is 0.802. The second kappa shape index (κ2) is 5.07. The van der Waals surface area contributed by atoms with E-state index in [1.807, 2.05) is 43.1 Å². The first kappa shape index (κ1) is 13.4. The van der Waals surface area contributed by atoms with Gasteiger partial charge in [-0.15, -0.1) is 5.10 Å². The lowest BCUT2D eigenvalue weighted by molar-refractivity contribution is 0.847. The van der Waals surface area contributed by atoms with Gasteiger partial charge in [0.15, 0.2) is 5.82 Å². The van der Waals surface area contributed by atoms with E-state index in [-0.39, 0.29) is 0 Å². The molecule has 0 spiro atoms. The van der Waals surface area contributed by atoms with Gasteiger partial charge >= 0.3 is 0 Å². The summed E-state index contributed by atoms with van der Waals surface area (Å²) >= 11 is 1.50. The van der Waals surface area contributed by atoms with Gasteiger partial charge in [0.05, 0.1) is 10.2 Å². The number of nitrogens with zero attached hydrogens (tertiary/aromatic N) is 5. The number of nitrogens with two attached hydrogens (primary N) is 1. The molecule has 2 heterocycles. The number of para-hydroxylation sites is 1. The summed E-state index contributed by atoms with van der Waals surface area (Å²) in [5.41, 5.74) is 7.37. The molecule has 0 amide bonds. The zero-order chi connectivity index (χ0) is 15.0. The van der Waals surface area contributed by atoms with Crippen LogP contribution in [0.2, 0.25) is 0 Å². The third-order valence-corrected chi connectivity index (χ3v) is 4.33. The van der Waals surface area contributed by atoms with Gasteiger partial charge in [-0.2, -0.15) is 9.94 Å². The van der Waals surface area contributed by atoms with Crippen molar-refractivity contribution in [3.05, 3.63) is 29.8 Å². The molecule has 1 aromatic carbocycles. The van der Waals surface area contributed by atoms with Gasteiger partial charge in [-0.3, -0.25) is 0 Å². The molecule has 0 aliphatic rings. The Kier molecular flexibility index (Phi) is 3.23. The number of rotatable bonds is 3. The summed E-state index contributed by atoms with van der Waals surface area (Å²) in [6, 6.07) is 9.98. The van der Waals surface area contributed by atoms with Gasteiger partial charge in [0.25, 0.3) is 0 Å². The van der Waals surface area contributed by atoms with Crippen LogP contribution in [0.5, 0.6) is 0 Å². The molecule has 0 saturated carbocycles. The minimum absolute atomic E-state index is 0.326.